The summed E-state index contributed by atoms with van der Waals surface area (Å²) in [5, 5.41) is 12.2. The summed E-state index contributed by atoms with van der Waals surface area (Å²) < 4.78 is 18.2. The monoisotopic (exact) mass is 503 g/mol. The molecule has 3 aromatic carbocycles. The van der Waals surface area contributed by atoms with Crippen LogP contribution in [0.15, 0.2) is 54.6 Å². The predicted octanol–water partition coefficient (Wildman–Crippen LogP) is 6.23. The number of nitrogens with one attached hydrogen (secondary N) is 1. The molecule has 0 saturated carbocycles. The third-order valence-electron chi connectivity index (χ3n) is 6.67. The van der Waals surface area contributed by atoms with Gasteiger partial charge in [0.1, 0.15) is 30.0 Å². The Morgan fingerprint density at radius 3 is 2.41 bits per heavy atom. The predicted molar refractivity (Wildman–Crippen MR) is 146 cm³/mol. The first-order chi connectivity index (χ1) is 17.9. The summed E-state index contributed by atoms with van der Waals surface area (Å²) in [6.45, 7) is 9.07. The fourth-order valence-electron chi connectivity index (χ4n) is 4.77. The minimum Gasteiger partial charge on any atom is -0.493 e. The Morgan fingerprint density at radius 1 is 0.919 bits per heavy atom. The average Bonchev–Trinajstić information content (AvgIpc) is 2.87. The molecule has 1 saturated heterocycles. The molecular weight excluding hydrogens is 466 g/mol. The van der Waals surface area contributed by atoms with Gasteiger partial charge in [0.25, 0.3) is 0 Å². The van der Waals surface area contributed by atoms with E-state index in [1.54, 1.807) is 0 Å². The van der Waals surface area contributed by atoms with Gasteiger partial charge in [0.05, 0.1) is 6.61 Å². The van der Waals surface area contributed by atoms with Gasteiger partial charge in [-0.25, -0.2) is 0 Å². The number of ether oxygens (including phenoxy) is 3. The van der Waals surface area contributed by atoms with Gasteiger partial charge in [-0.2, -0.15) is 0 Å². The van der Waals surface area contributed by atoms with Crippen LogP contribution in [0.5, 0.6) is 17.2 Å². The zero-order chi connectivity index (χ0) is 26.2. The molecule has 0 amide bonds. The number of piperidine rings is 1. The van der Waals surface area contributed by atoms with E-state index in [1.807, 2.05) is 25.1 Å². The molecule has 1 aliphatic rings. The lowest BCUT2D eigenvalue weighted by atomic mass is 9.94. The fraction of sp³-hybridized carbons (Fsp3) is 0.387. The van der Waals surface area contributed by atoms with Crippen molar-refractivity contribution in [2.45, 2.75) is 59.2 Å². The zero-order valence-electron chi connectivity index (χ0n) is 22.0. The average molecular weight is 504 g/mol. The molecular formula is C31H37NO5. The van der Waals surface area contributed by atoms with Crippen LogP contribution in [0.1, 0.15) is 47.9 Å². The lowest BCUT2D eigenvalue weighted by Crippen LogP contribution is -2.34. The molecule has 1 fully saturated rings. The van der Waals surface area contributed by atoms with Crippen LogP contribution >= 0.6 is 0 Å². The van der Waals surface area contributed by atoms with Crippen molar-refractivity contribution in [1.29, 1.82) is 0 Å². The number of hydrogen-bond acceptors (Lipinski definition) is 5. The maximum atomic E-state index is 10.7. The van der Waals surface area contributed by atoms with E-state index in [-0.39, 0.29) is 12.5 Å². The first-order valence-electron chi connectivity index (χ1n) is 13.0. The molecule has 0 spiro atoms. The minimum atomic E-state index is -0.813. The number of carboxylic acid groups (broad SMARTS) is 1. The second-order valence-electron chi connectivity index (χ2n) is 9.76. The summed E-state index contributed by atoms with van der Waals surface area (Å²) in [6, 6.07) is 18.5. The van der Waals surface area contributed by atoms with Gasteiger partial charge in [0, 0.05) is 12.5 Å². The quantitative estimate of drug-likeness (QED) is 0.302. The van der Waals surface area contributed by atoms with E-state index < -0.39 is 5.97 Å². The summed E-state index contributed by atoms with van der Waals surface area (Å²) >= 11 is 0. The highest BCUT2D eigenvalue weighted by Gasteiger charge is 2.16. The van der Waals surface area contributed by atoms with Crippen LogP contribution in [0.25, 0.3) is 11.1 Å². The Hall–Kier alpha value is -3.51. The van der Waals surface area contributed by atoms with Crippen LogP contribution in [-0.4, -0.2) is 36.9 Å². The summed E-state index contributed by atoms with van der Waals surface area (Å²) in [5.41, 5.74) is 6.86. The van der Waals surface area contributed by atoms with E-state index in [1.165, 1.54) is 16.7 Å². The Bertz CT molecular complexity index is 1190. The maximum Gasteiger partial charge on any atom is 0.303 e. The maximum absolute atomic E-state index is 10.7. The van der Waals surface area contributed by atoms with Crippen LogP contribution < -0.4 is 19.5 Å². The second kappa shape index (κ2) is 12.6. The molecule has 196 valence electrons. The van der Waals surface area contributed by atoms with Crippen LogP contribution in [0.2, 0.25) is 0 Å². The molecule has 2 N–H and O–H groups in total. The fourth-order valence-corrected chi connectivity index (χ4v) is 4.77. The van der Waals surface area contributed by atoms with Gasteiger partial charge in [0.15, 0.2) is 0 Å². The normalized spacial score (nSPS) is 13.8. The lowest BCUT2D eigenvalue weighted by molar-refractivity contribution is -0.137. The van der Waals surface area contributed by atoms with Crippen molar-refractivity contribution in [1.82, 2.24) is 5.32 Å². The largest absolute Gasteiger partial charge is 0.493 e. The first kappa shape index (κ1) is 26.6. The molecule has 3 aromatic rings. The molecule has 37 heavy (non-hydrogen) atoms. The molecule has 0 radical (unpaired) electrons. The number of carbonyl (C=O) groups is 1. The van der Waals surface area contributed by atoms with E-state index in [4.69, 9.17) is 19.3 Å². The first-order valence-corrected chi connectivity index (χ1v) is 13.0. The molecule has 6 nitrogen and oxygen atoms in total. The van der Waals surface area contributed by atoms with Crippen LogP contribution in [0.4, 0.5) is 0 Å². The van der Waals surface area contributed by atoms with Crippen molar-refractivity contribution in [2.24, 2.45) is 0 Å². The molecule has 6 heteroatoms. The zero-order valence-corrected chi connectivity index (χ0v) is 22.0. The minimum absolute atomic E-state index is 0.0957. The Morgan fingerprint density at radius 2 is 1.68 bits per heavy atom. The van der Waals surface area contributed by atoms with Crippen molar-refractivity contribution >= 4 is 5.97 Å². The van der Waals surface area contributed by atoms with Crippen molar-refractivity contribution in [3.05, 3.63) is 76.9 Å². The third kappa shape index (κ3) is 7.49. The molecule has 1 heterocycles. The van der Waals surface area contributed by atoms with Gasteiger partial charge < -0.3 is 24.6 Å². The number of rotatable bonds is 11. The molecule has 0 unspecified atom stereocenters. The van der Waals surface area contributed by atoms with Gasteiger partial charge in [-0.05, 0) is 111 Å². The Balaban J connectivity index is 1.41. The van der Waals surface area contributed by atoms with E-state index in [2.05, 4.69) is 55.6 Å². The summed E-state index contributed by atoms with van der Waals surface area (Å²) in [7, 11) is 0. The number of aliphatic carboxylic acids is 1. The number of carboxylic acids is 1. The summed E-state index contributed by atoms with van der Waals surface area (Å²) in [6.07, 6.45) is 2.93. The van der Waals surface area contributed by atoms with Crippen molar-refractivity contribution < 1.29 is 24.1 Å². The molecule has 0 bridgehead atoms. The highest BCUT2D eigenvalue weighted by molar-refractivity contribution is 5.72. The van der Waals surface area contributed by atoms with E-state index >= 15 is 0 Å². The van der Waals surface area contributed by atoms with Gasteiger partial charge in [0.2, 0.25) is 0 Å². The van der Waals surface area contributed by atoms with Crippen molar-refractivity contribution in [3.63, 3.8) is 0 Å². The number of hydrogen-bond donors (Lipinski definition) is 2. The van der Waals surface area contributed by atoms with Gasteiger partial charge in [-0.15, -0.1) is 0 Å². The van der Waals surface area contributed by atoms with Crippen LogP contribution in [-0.2, 0) is 11.4 Å². The summed E-state index contributed by atoms with van der Waals surface area (Å²) in [5.74, 6) is 1.57. The van der Waals surface area contributed by atoms with Gasteiger partial charge in [-0.1, -0.05) is 24.3 Å². The third-order valence-corrected chi connectivity index (χ3v) is 6.67. The molecule has 0 aliphatic carbocycles. The van der Waals surface area contributed by atoms with Crippen LogP contribution in [0, 0.1) is 20.8 Å². The molecule has 0 atom stereocenters. The van der Waals surface area contributed by atoms with E-state index in [9.17, 15) is 4.79 Å². The molecule has 4 rings (SSSR count). The van der Waals surface area contributed by atoms with Gasteiger partial charge in [-0.3, -0.25) is 4.79 Å². The van der Waals surface area contributed by atoms with Crippen LogP contribution in [0.3, 0.4) is 0 Å². The SMILES string of the molecule is Cc1ccc(OCc2cccc(-c3c(C)cc(OC4CCNCC4)cc3C)c2)cc1OCCCC(=O)O. The standard InChI is InChI=1S/C31H37NO5/c1-21-9-10-27(19-29(21)35-15-5-8-30(33)34)36-20-24-6-4-7-25(18-24)31-22(2)16-28(17-23(31)3)37-26-11-13-32-14-12-26/h4,6-7,9-10,16-19,26,32H,5,8,11-15,20H2,1-3H3,(H,33,34). The smallest absolute Gasteiger partial charge is 0.303 e. The Labute approximate surface area is 219 Å². The molecule has 0 aromatic heterocycles. The second-order valence-corrected chi connectivity index (χ2v) is 9.76. The highest BCUT2D eigenvalue weighted by Crippen LogP contribution is 2.33. The summed E-state index contributed by atoms with van der Waals surface area (Å²) in [4.78, 5) is 10.7. The Kier molecular flexibility index (Phi) is 9.07. The highest BCUT2D eigenvalue weighted by atomic mass is 16.5. The van der Waals surface area contributed by atoms with Crippen molar-refractivity contribution in [2.75, 3.05) is 19.7 Å². The van der Waals surface area contributed by atoms with E-state index in [0.717, 1.165) is 59.9 Å². The number of benzene rings is 3. The molecule has 1 aliphatic heterocycles. The van der Waals surface area contributed by atoms with Crippen molar-refractivity contribution in [3.8, 4) is 28.4 Å². The lowest BCUT2D eigenvalue weighted by Gasteiger charge is -2.24. The topological polar surface area (TPSA) is 77.0 Å². The number of aryl methyl sites for hydroxylation is 3. The van der Waals surface area contributed by atoms with E-state index in [0.29, 0.717) is 19.6 Å². The van der Waals surface area contributed by atoms with Gasteiger partial charge >= 0.3 is 5.97 Å².